The number of hydrogen-bond donors (Lipinski definition) is 1. The monoisotopic (exact) mass is 382 g/mol. The van der Waals surface area contributed by atoms with E-state index in [1.54, 1.807) is 36.1 Å². The molecule has 0 bridgehead atoms. The Hall–Kier alpha value is -2.08. The first-order valence-corrected chi connectivity index (χ1v) is 9.06. The Kier molecular flexibility index (Phi) is 8.58. The van der Waals surface area contributed by atoms with Crippen molar-refractivity contribution < 1.29 is 19.1 Å². The van der Waals surface area contributed by atoms with Gasteiger partial charge in [0.05, 0.1) is 6.42 Å². The van der Waals surface area contributed by atoms with Crippen LogP contribution in [-0.2, 0) is 14.3 Å². The predicted octanol–water partition coefficient (Wildman–Crippen LogP) is 3.04. The number of amides is 2. The summed E-state index contributed by atoms with van der Waals surface area (Å²) >= 11 is 5.77. The van der Waals surface area contributed by atoms with Crippen LogP contribution in [0.3, 0.4) is 0 Å². The molecule has 26 heavy (non-hydrogen) atoms. The SMILES string of the molecule is CC(C)N(C(=O)[C@H](C)OC(=O)CCNC(=O)c1ccc(Cl)cc1)C(C)C. The van der Waals surface area contributed by atoms with E-state index in [1.807, 2.05) is 27.7 Å². The number of nitrogens with zero attached hydrogens (tertiary/aromatic N) is 1. The molecule has 0 aliphatic carbocycles. The molecule has 0 heterocycles. The zero-order chi connectivity index (χ0) is 19.9. The molecular weight excluding hydrogens is 356 g/mol. The van der Waals surface area contributed by atoms with Crippen LogP contribution in [0.5, 0.6) is 0 Å². The molecule has 0 aliphatic heterocycles. The summed E-state index contributed by atoms with van der Waals surface area (Å²) in [4.78, 5) is 38.0. The maximum absolute atomic E-state index is 12.4. The van der Waals surface area contributed by atoms with E-state index in [9.17, 15) is 14.4 Å². The molecule has 6 nitrogen and oxygen atoms in total. The lowest BCUT2D eigenvalue weighted by molar-refractivity contribution is -0.160. The summed E-state index contributed by atoms with van der Waals surface area (Å²) in [7, 11) is 0. The summed E-state index contributed by atoms with van der Waals surface area (Å²) in [5, 5.41) is 3.18. The van der Waals surface area contributed by atoms with Crippen molar-refractivity contribution in [2.24, 2.45) is 0 Å². The van der Waals surface area contributed by atoms with Crippen LogP contribution < -0.4 is 5.32 Å². The Morgan fingerprint density at radius 2 is 1.58 bits per heavy atom. The average molecular weight is 383 g/mol. The first-order chi connectivity index (χ1) is 12.1. The molecule has 0 unspecified atom stereocenters. The van der Waals surface area contributed by atoms with E-state index in [-0.39, 0.29) is 36.9 Å². The Morgan fingerprint density at radius 1 is 1.04 bits per heavy atom. The van der Waals surface area contributed by atoms with E-state index in [0.29, 0.717) is 10.6 Å². The molecule has 0 fully saturated rings. The number of nitrogens with one attached hydrogen (secondary N) is 1. The topological polar surface area (TPSA) is 75.7 Å². The van der Waals surface area contributed by atoms with Crippen molar-refractivity contribution in [3.63, 3.8) is 0 Å². The van der Waals surface area contributed by atoms with Gasteiger partial charge in [-0.05, 0) is 58.9 Å². The molecule has 1 rings (SSSR count). The summed E-state index contributed by atoms with van der Waals surface area (Å²) in [6.45, 7) is 9.35. The molecule has 7 heteroatoms. The minimum atomic E-state index is -0.862. The van der Waals surface area contributed by atoms with Gasteiger partial charge in [0.1, 0.15) is 0 Å². The molecule has 0 spiro atoms. The van der Waals surface area contributed by atoms with Gasteiger partial charge in [-0.1, -0.05) is 11.6 Å². The standard InChI is InChI=1S/C19H27ClN2O4/c1-12(2)22(13(3)4)19(25)14(5)26-17(23)10-11-21-18(24)15-6-8-16(20)9-7-15/h6-9,12-14H,10-11H2,1-5H3,(H,21,24)/t14-/m0/s1. The normalized spacial score (nSPS) is 12.0. The van der Waals surface area contributed by atoms with Gasteiger partial charge in [-0.15, -0.1) is 0 Å². The predicted molar refractivity (Wildman–Crippen MR) is 101 cm³/mol. The quantitative estimate of drug-likeness (QED) is 0.701. The van der Waals surface area contributed by atoms with Crippen LogP contribution in [0, 0.1) is 0 Å². The van der Waals surface area contributed by atoms with Crippen molar-refractivity contribution >= 4 is 29.4 Å². The van der Waals surface area contributed by atoms with Gasteiger partial charge in [0, 0.05) is 29.2 Å². The number of carbonyl (C=O) groups excluding carboxylic acids is 3. The van der Waals surface area contributed by atoms with Crippen molar-refractivity contribution in [3.05, 3.63) is 34.9 Å². The van der Waals surface area contributed by atoms with Crippen molar-refractivity contribution in [1.29, 1.82) is 0 Å². The van der Waals surface area contributed by atoms with E-state index in [1.165, 1.54) is 0 Å². The first kappa shape index (κ1) is 22.0. The van der Waals surface area contributed by atoms with Gasteiger partial charge in [0.15, 0.2) is 6.10 Å². The summed E-state index contributed by atoms with van der Waals surface area (Å²) in [5.41, 5.74) is 0.454. The number of halogens is 1. The van der Waals surface area contributed by atoms with Gasteiger partial charge in [0.2, 0.25) is 0 Å². The lowest BCUT2D eigenvalue weighted by Gasteiger charge is -2.32. The Bertz CT molecular complexity index is 621. The van der Waals surface area contributed by atoms with E-state index in [4.69, 9.17) is 16.3 Å². The highest BCUT2D eigenvalue weighted by molar-refractivity contribution is 6.30. The molecular formula is C19H27ClN2O4. The highest BCUT2D eigenvalue weighted by Gasteiger charge is 2.27. The summed E-state index contributed by atoms with van der Waals surface area (Å²) in [6, 6.07) is 6.47. The summed E-state index contributed by atoms with van der Waals surface area (Å²) in [6.07, 6.45) is -0.875. The number of rotatable bonds is 8. The fourth-order valence-corrected chi connectivity index (χ4v) is 2.73. The molecule has 1 N–H and O–H groups in total. The minimum absolute atomic E-state index is 0.0136. The second-order valence-electron chi connectivity index (χ2n) is 6.58. The number of ether oxygens (including phenoxy) is 1. The lowest BCUT2D eigenvalue weighted by atomic mass is 10.2. The zero-order valence-electron chi connectivity index (χ0n) is 15.9. The molecule has 0 saturated carbocycles. The molecule has 1 aromatic carbocycles. The lowest BCUT2D eigenvalue weighted by Crippen LogP contribution is -2.47. The summed E-state index contributed by atoms with van der Waals surface area (Å²) < 4.78 is 5.20. The number of carbonyl (C=O) groups is 3. The third-order valence-electron chi connectivity index (χ3n) is 3.74. The maximum Gasteiger partial charge on any atom is 0.308 e. The van der Waals surface area contributed by atoms with Crippen molar-refractivity contribution in [3.8, 4) is 0 Å². The molecule has 144 valence electrons. The molecule has 0 radical (unpaired) electrons. The zero-order valence-corrected chi connectivity index (χ0v) is 16.7. The van der Waals surface area contributed by atoms with Crippen LogP contribution in [0.15, 0.2) is 24.3 Å². The molecule has 1 aromatic rings. The second kappa shape index (κ2) is 10.2. The van der Waals surface area contributed by atoms with Gasteiger partial charge in [-0.25, -0.2) is 0 Å². The first-order valence-electron chi connectivity index (χ1n) is 8.69. The third-order valence-corrected chi connectivity index (χ3v) is 4.00. The molecule has 0 saturated heterocycles. The van der Waals surface area contributed by atoms with Crippen LogP contribution in [0.4, 0.5) is 0 Å². The van der Waals surface area contributed by atoms with E-state index in [2.05, 4.69) is 5.32 Å². The van der Waals surface area contributed by atoms with Crippen LogP contribution in [0.2, 0.25) is 5.02 Å². The molecule has 1 atom stereocenters. The van der Waals surface area contributed by atoms with Crippen LogP contribution in [-0.4, -0.2) is 47.4 Å². The van der Waals surface area contributed by atoms with Crippen molar-refractivity contribution in [1.82, 2.24) is 10.2 Å². The molecule has 2 amide bonds. The van der Waals surface area contributed by atoms with Gasteiger partial charge >= 0.3 is 5.97 Å². The number of esters is 1. The maximum atomic E-state index is 12.4. The molecule has 0 aromatic heterocycles. The van der Waals surface area contributed by atoms with Crippen molar-refractivity contribution in [2.75, 3.05) is 6.54 Å². The fourth-order valence-electron chi connectivity index (χ4n) is 2.60. The number of benzene rings is 1. The minimum Gasteiger partial charge on any atom is -0.452 e. The van der Waals surface area contributed by atoms with Gasteiger partial charge in [-0.2, -0.15) is 0 Å². The molecule has 0 aliphatic rings. The van der Waals surface area contributed by atoms with E-state index < -0.39 is 12.1 Å². The highest BCUT2D eigenvalue weighted by Crippen LogP contribution is 2.11. The van der Waals surface area contributed by atoms with E-state index >= 15 is 0 Å². The van der Waals surface area contributed by atoms with Crippen LogP contribution >= 0.6 is 11.6 Å². The Labute approximate surface area is 159 Å². The third kappa shape index (κ3) is 6.67. The average Bonchev–Trinajstić information content (AvgIpc) is 2.54. The second-order valence-corrected chi connectivity index (χ2v) is 7.01. The highest BCUT2D eigenvalue weighted by atomic mass is 35.5. The Morgan fingerprint density at radius 3 is 2.08 bits per heavy atom. The van der Waals surface area contributed by atoms with Crippen LogP contribution in [0.25, 0.3) is 0 Å². The summed E-state index contributed by atoms with van der Waals surface area (Å²) in [5.74, 6) is -1.06. The Balaban J connectivity index is 2.45. The largest absolute Gasteiger partial charge is 0.452 e. The van der Waals surface area contributed by atoms with E-state index in [0.717, 1.165) is 0 Å². The van der Waals surface area contributed by atoms with Gasteiger partial charge < -0.3 is 15.0 Å². The van der Waals surface area contributed by atoms with Gasteiger partial charge in [0.25, 0.3) is 11.8 Å². The van der Waals surface area contributed by atoms with Gasteiger partial charge in [-0.3, -0.25) is 14.4 Å². The number of hydrogen-bond acceptors (Lipinski definition) is 4. The van der Waals surface area contributed by atoms with Crippen molar-refractivity contribution in [2.45, 2.75) is 59.2 Å². The smallest absolute Gasteiger partial charge is 0.308 e. The van der Waals surface area contributed by atoms with Crippen LogP contribution in [0.1, 0.15) is 51.4 Å². The fraction of sp³-hybridized carbons (Fsp3) is 0.526.